The Morgan fingerprint density at radius 2 is 1.79 bits per heavy atom. The van der Waals surface area contributed by atoms with Crippen molar-refractivity contribution in [1.29, 1.82) is 0 Å². The van der Waals surface area contributed by atoms with Crippen LogP contribution in [0.2, 0.25) is 0 Å². The van der Waals surface area contributed by atoms with Crippen LogP contribution in [-0.2, 0) is 6.54 Å². The molecule has 19 heavy (non-hydrogen) atoms. The first kappa shape index (κ1) is 16.0. The van der Waals surface area contributed by atoms with E-state index in [1.54, 1.807) is 7.11 Å². The summed E-state index contributed by atoms with van der Waals surface area (Å²) in [6.45, 7) is 12.3. The summed E-state index contributed by atoms with van der Waals surface area (Å²) < 4.78 is 5.42. The minimum Gasteiger partial charge on any atom is -0.496 e. The third-order valence-corrected chi connectivity index (χ3v) is 4.36. The zero-order chi connectivity index (χ0) is 14.8. The third-order valence-electron chi connectivity index (χ3n) is 4.36. The lowest BCUT2D eigenvalue weighted by atomic mass is 9.95. The Morgan fingerprint density at radius 3 is 2.26 bits per heavy atom. The summed E-state index contributed by atoms with van der Waals surface area (Å²) in [5, 5.41) is 0. The van der Waals surface area contributed by atoms with E-state index in [1.165, 1.54) is 22.3 Å². The molecule has 1 rings (SSSR count). The van der Waals surface area contributed by atoms with Crippen LogP contribution in [-0.4, -0.2) is 31.1 Å². The molecule has 3 nitrogen and oxygen atoms in total. The zero-order valence-corrected chi connectivity index (χ0v) is 13.4. The quantitative estimate of drug-likeness (QED) is 0.888. The summed E-state index contributed by atoms with van der Waals surface area (Å²) >= 11 is 0. The van der Waals surface area contributed by atoms with Crippen molar-refractivity contribution in [1.82, 2.24) is 4.90 Å². The highest BCUT2D eigenvalue weighted by atomic mass is 16.5. The number of aryl methyl sites for hydroxylation is 1. The Hall–Kier alpha value is -1.06. The van der Waals surface area contributed by atoms with Gasteiger partial charge in [0.15, 0.2) is 0 Å². The molecule has 1 aromatic carbocycles. The molecule has 0 aromatic heterocycles. The SMILES string of the molecule is COc1cc(C)c(CN(C)C(C)(C)CN)c(C)c1C. The number of rotatable bonds is 5. The second-order valence-electron chi connectivity index (χ2n) is 6.00. The largest absolute Gasteiger partial charge is 0.496 e. The van der Waals surface area contributed by atoms with E-state index in [9.17, 15) is 0 Å². The maximum Gasteiger partial charge on any atom is 0.122 e. The number of hydrogen-bond acceptors (Lipinski definition) is 3. The molecule has 0 amide bonds. The lowest BCUT2D eigenvalue weighted by Gasteiger charge is -2.35. The lowest BCUT2D eigenvalue weighted by molar-refractivity contribution is 0.155. The highest BCUT2D eigenvalue weighted by Crippen LogP contribution is 2.29. The summed E-state index contributed by atoms with van der Waals surface area (Å²) in [6.07, 6.45) is 0. The highest BCUT2D eigenvalue weighted by molar-refractivity contribution is 5.48. The highest BCUT2D eigenvalue weighted by Gasteiger charge is 2.23. The Balaban J connectivity index is 3.12. The average Bonchev–Trinajstić information content (AvgIpc) is 2.38. The number of benzene rings is 1. The summed E-state index contributed by atoms with van der Waals surface area (Å²) in [6, 6.07) is 2.13. The fourth-order valence-corrected chi connectivity index (χ4v) is 2.16. The van der Waals surface area contributed by atoms with Crippen LogP contribution in [0.3, 0.4) is 0 Å². The van der Waals surface area contributed by atoms with Gasteiger partial charge in [0.05, 0.1) is 7.11 Å². The Kier molecular flexibility index (Phi) is 4.99. The van der Waals surface area contributed by atoms with Gasteiger partial charge in [-0.2, -0.15) is 0 Å². The summed E-state index contributed by atoms with van der Waals surface area (Å²) in [4.78, 5) is 2.31. The monoisotopic (exact) mass is 264 g/mol. The van der Waals surface area contributed by atoms with Gasteiger partial charge in [0.2, 0.25) is 0 Å². The molecule has 1 aromatic rings. The van der Waals surface area contributed by atoms with E-state index in [-0.39, 0.29) is 5.54 Å². The van der Waals surface area contributed by atoms with Gasteiger partial charge < -0.3 is 10.5 Å². The van der Waals surface area contributed by atoms with Gasteiger partial charge in [-0.3, -0.25) is 4.90 Å². The third kappa shape index (κ3) is 3.28. The Bertz CT molecular complexity index is 453. The molecule has 108 valence electrons. The van der Waals surface area contributed by atoms with E-state index >= 15 is 0 Å². The van der Waals surface area contributed by atoms with E-state index < -0.39 is 0 Å². The van der Waals surface area contributed by atoms with Gasteiger partial charge in [-0.25, -0.2) is 0 Å². The topological polar surface area (TPSA) is 38.5 Å². The summed E-state index contributed by atoms with van der Waals surface area (Å²) in [7, 11) is 3.86. The van der Waals surface area contributed by atoms with Crippen LogP contribution in [0.5, 0.6) is 5.75 Å². The molecular formula is C16H28N2O. The number of ether oxygens (including phenoxy) is 1. The molecule has 3 heteroatoms. The minimum absolute atomic E-state index is 0.00666. The van der Waals surface area contributed by atoms with Crippen LogP contribution in [0.1, 0.15) is 36.1 Å². The number of nitrogens with two attached hydrogens (primary N) is 1. The van der Waals surface area contributed by atoms with Crippen molar-refractivity contribution in [2.75, 3.05) is 20.7 Å². The Morgan fingerprint density at radius 1 is 1.21 bits per heavy atom. The summed E-state index contributed by atoms with van der Waals surface area (Å²) in [5.74, 6) is 0.972. The number of likely N-dealkylation sites (N-methyl/N-ethyl adjacent to an activating group) is 1. The van der Waals surface area contributed by atoms with Crippen LogP contribution < -0.4 is 10.5 Å². The maximum absolute atomic E-state index is 5.85. The van der Waals surface area contributed by atoms with E-state index in [0.717, 1.165) is 12.3 Å². The number of methoxy groups -OCH3 is 1. The molecule has 0 spiro atoms. The fraction of sp³-hybridized carbons (Fsp3) is 0.625. The molecule has 0 bridgehead atoms. The molecule has 0 aliphatic rings. The van der Waals surface area contributed by atoms with E-state index in [1.807, 2.05) is 0 Å². The van der Waals surface area contributed by atoms with E-state index in [4.69, 9.17) is 10.5 Å². The van der Waals surface area contributed by atoms with Crippen LogP contribution in [0.4, 0.5) is 0 Å². The second kappa shape index (κ2) is 5.93. The van der Waals surface area contributed by atoms with Crippen molar-refractivity contribution >= 4 is 0 Å². The van der Waals surface area contributed by atoms with Crippen LogP contribution >= 0.6 is 0 Å². The molecule has 0 radical (unpaired) electrons. The maximum atomic E-state index is 5.85. The molecular weight excluding hydrogens is 236 g/mol. The van der Waals surface area contributed by atoms with E-state index in [2.05, 4.69) is 52.6 Å². The van der Waals surface area contributed by atoms with Crippen molar-refractivity contribution in [3.63, 3.8) is 0 Å². The van der Waals surface area contributed by atoms with Crippen LogP contribution in [0, 0.1) is 20.8 Å². The molecule has 0 aliphatic carbocycles. The summed E-state index contributed by atoms with van der Waals surface area (Å²) in [5.41, 5.74) is 11.1. The van der Waals surface area contributed by atoms with Gasteiger partial charge in [0.1, 0.15) is 5.75 Å². The first-order valence-electron chi connectivity index (χ1n) is 6.79. The van der Waals surface area contributed by atoms with Crippen molar-refractivity contribution in [2.24, 2.45) is 5.73 Å². The van der Waals surface area contributed by atoms with Gasteiger partial charge in [0.25, 0.3) is 0 Å². The first-order valence-corrected chi connectivity index (χ1v) is 6.79. The standard InChI is InChI=1S/C16H28N2O/c1-11-8-15(19-7)13(3)12(2)14(11)9-18(6)16(4,5)10-17/h8H,9-10,17H2,1-7H3. The predicted molar refractivity (Wildman–Crippen MR) is 81.8 cm³/mol. The van der Waals surface area contributed by atoms with Crippen molar-refractivity contribution < 1.29 is 4.74 Å². The van der Waals surface area contributed by atoms with Crippen molar-refractivity contribution in [3.05, 3.63) is 28.3 Å². The van der Waals surface area contributed by atoms with Gasteiger partial charge in [0, 0.05) is 18.6 Å². The fourth-order valence-electron chi connectivity index (χ4n) is 2.16. The zero-order valence-electron chi connectivity index (χ0n) is 13.4. The first-order chi connectivity index (χ1) is 8.74. The molecule has 0 saturated heterocycles. The average molecular weight is 264 g/mol. The Labute approximate surface area is 117 Å². The molecule has 0 heterocycles. The molecule has 0 atom stereocenters. The lowest BCUT2D eigenvalue weighted by Crippen LogP contribution is -2.46. The molecule has 0 fully saturated rings. The second-order valence-corrected chi connectivity index (χ2v) is 6.00. The van der Waals surface area contributed by atoms with E-state index in [0.29, 0.717) is 6.54 Å². The normalized spacial score (nSPS) is 12.1. The van der Waals surface area contributed by atoms with Crippen LogP contribution in [0.15, 0.2) is 6.07 Å². The van der Waals surface area contributed by atoms with Gasteiger partial charge in [-0.05, 0) is 70.0 Å². The molecule has 0 aliphatic heterocycles. The van der Waals surface area contributed by atoms with Crippen molar-refractivity contribution in [3.8, 4) is 5.75 Å². The van der Waals surface area contributed by atoms with Gasteiger partial charge in [-0.15, -0.1) is 0 Å². The predicted octanol–water partition coefficient (Wildman–Crippen LogP) is 2.79. The van der Waals surface area contributed by atoms with Gasteiger partial charge in [-0.1, -0.05) is 0 Å². The minimum atomic E-state index is 0.00666. The molecule has 2 N–H and O–H groups in total. The van der Waals surface area contributed by atoms with Crippen LogP contribution in [0.25, 0.3) is 0 Å². The number of hydrogen-bond donors (Lipinski definition) is 1. The van der Waals surface area contributed by atoms with Gasteiger partial charge >= 0.3 is 0 Å². The smallest absolute Gasteiger partial charge is 0.122 e. The number of nitrogens with zero attached hydrogens (tertiary/aromatic N) is 1. The molecule has 0 unspecified atom stereocenters. The molecule has 0 saturated carbocycles. The van der Waals surface area contributed by atoms with Crippen molar-refractivity contribution in [2.45, 2.75) is 46.7 Å².